The Balaban J connectivity index is 1.32. The zero-order valence-electron chi connectivity index (χ0n) is 27.8. The Morgan fingerprint density at radius 1 is 1.02 bits per heavy atom. The minimum absolute atomic E-state index is 0.158. The number of hydrogen-bond acceptors (Lipinski definition) is 4. The van der Waals surface area contributed by atoms with E-state index in [1.807, 2.05) is 0 Å². The molecule has 4 unspecified atom stereocenters. The van der Waals surface area contributed by atoms with Crippen molar-refractivity contribution >= 4 is 5.97 Å². The third-order valence-electron chi connectivity index (χ3n) is 12.9. The monoisotopic (exact) mass is 582 g/mol. The van der Waals surface area contributed by atoms with E-state index in [0.29, 0.717) is 53.8 Å². The van der Waals surface area contributed by atoms with Crippen molar-refractivity contribution in [1.82, 2.24) is 0 Å². The van der Waals surface area contributed by atoms with Gasteiger partial charge in [-0.1, -0.05) is 71.9 Å². The molecule has 3 fully saturated rings. The lowest BCUT2D eigenvalue weighted by Gasteiger charge is -2.58. The second-order valence-corrected chi connectivity index (χ2v) is 15.4. The van der Waals surface area contributed by atoms with Gasteiger partial charge in [0.05, 0.1) is 12.7 Å². The van der Waals surface area contributed by atoms with Crippen LogP contribution in [0.15, 0.2) is 36.5 Å². The largest absolute Gasteiger partial charge is 0.463 e. The van der Waals surface area contributed by atoms with Crippen LogP contribution in [0.2, 0.25) is 0 Å². The van der Waals surface area contributed by atoms with E-state index >= 15 is 0 Å². The lowest BCUT2D eigenvalue weighted by molar-refractivity contribution is -0.138. The summed E-state index contributed by atoms with van der Waals surface area (Å²) in [5, 5.41) is 9.49. The van der Waals surface area contributed by atoms with E-state index in [1.54, 1.807) is 5.57 Å². The summed E-state index contributed by atoms with van der Waals surface area (Å²) in [7, 11) is 0. The zero-order valence-corrected chi connectivity index (χ0v) is 27.8. The van der Waals surface area contributed by atoms with Gasteiger partial charge in [0.15, 0.2) is 0 Å². The van der Waals surface area contributed by atoms with Crippen molar-refractivity contribution in [3.63, 3.8) is 0 Å². The van der Waals surface area contributed by atoms with E-state index in [9.17, 15) is 9.90 Å². The Kier molecular flexibility index (Phi) is 11.6. The lowest BCUT2D eigenvalue weighted by Crippen LogP contribution is -2.51. The SMILES string of the molecule is C=CC(=O)OCCC(CCO)CCO[C@H]1CC[C@@]2(C)C(=CCC3C2CC[C@@]2(C)C3CC[C@@H]2[C@H](C)/C=C/[C@H](C)C(C)C)C1. The molecule has 0 aromatic carbocycles. The molecule has 4 aliphatic carbocycles. The maximum absolute atomic E-state index is 11.4. The molecule has 4 nitrogen and oxygen atoms in total. The molecule has 0 aromatic rings. The Hall–Kier alpha value is -1.39. The van der Waals surface area contributed by atoms with E-state index in [2.05, 4.69) is 66.3 Å². The van der Waals surface area contributed by atoms with Crippen LogP contribution in [0.3, 0.4) is 0 Å². The minimum atomic E-state index is -0.379. The van der Waals surface area contributed by atoms with Crippen molar-refractivity contribution < 1.29 is 19.4 Å². The number of carbonyl (C=O) groups is 1. The van der Waals surface area contributed by atoms with Crippen LogP contribution in [0.25, 0.3) is 0 Å². The number of hydrogen-bond donors (Lipinski definition) is 1. The third-order valence-corrected chi connectivity index (χ3v) is 12.9. The molecule has 4 rings (SSSR count). The Labute approximate surface area is 257 Å². The maximum atomic E-state index is 11.4. The van der Waals surface area contributed by atoms with Crippen LogP contribution in [0, 0.1) is 58.2 Å². The van der Waals surface area contributed by atoms with Gasteiger partial charge in [-0.15, -0.1) is 0 Å². The first-order valence-corrected chi connectivity index (χ1v) is 17.4. The summed E-state index contributed by atoms with van der Waals surface area (Å²) in [5.41, 5.74) is 2.51. The van der Waals surface area contributed by atoms with Gasteiger partial charge in [0.1, 0.15) is 0 Å². The van der Waals surface area contributed by atoms with Gasteiger partial charge >= 0.3 is 5.97 Å². The van der Waals surface area contributed by atoms with Gasteiger partial charge in [0.2, 0.25) is 0 Å². The van der Waals surface area contributed by atoms with Gasteiger partial charge in [-0.25, -0.2) is 4.79 Å². The van der Waals surface area contributed by atoms with Gasteiger partial charge in [0.25, 0.3) is 0 Å². The summed E-state index contributed by atoms with van der Waals surface area (Å²) in [6, 6.07) is 0. The Morgan fingerprint density at radius 2 is 1.79 bits per heavy atom. The topological polar surface area (TPSA) is 55.8 Å². The predicted octanol–water partition coefficient (Wildman–Crippen LogP) is 8.94. The molecule has 0 aliphatic heterocycles. The van der Waals surface area contributed by atoms with Crippen molar-refractivity contribution in [2.45, 2.75) is 118 Å². The lowest BCUT2D eigenvalue weighted by atomic mass is 9.47. The van der Waals surface area contributed by atoms with E-state index in [1.165, 1.54) is 44.6 Å². The van der Waals surface area contributed by atoms with Crippen LogP contribution in [0.1, 0.15) is 112 Å². The highest BCUT2D eigenvalue weighted by Gasteiger charge is 2.59. The molecule has 4 heteroatoms. The first kappa shape index (κ1) is 33.5. The van der Waals surface area contributed by atoms with Crippen LogP contribution >= 0.6 is 0 Å². The Morgan fingerprint density at radius 3 is 2.50 bits per heavy atom. The number of carbonyl (C=O) groups excluding carboxylic acids is 1. The highest BCUT2D eigenvalue weighted by molar-refractivity contribution is 5.81. The van der Waals surface area contributed by atoms with Gasteiger partial charge < -0.3 is 14.6 Å². The summed E-state index contributed by atoms with van der Waals surface area (Å²) >= 11 is 0. The van der Waals surface area contributed by atoms with Crippen LogP contribution in [0.5, 0.6) is 0 Å². The average molecular weight is 583 g/mol. The van der Waals surface area contributed by atoms with E-state index in [0.717, 1.165) is 55.8 Å². The summed E-state index contributed by atoms with van der Waals surface area (Å²) in [5.74, 6) is 5.34. The number of aliphatic hydroxyl groups excluding tert-OH is 1. The molecule has 1 N–H and O–H groups in total. The highest BCUT2D eigenvalue weighted by atomic mass is 16.5. The molecular formula is C38H62O4. The van der Waals surface area contributed by atoms with Gasteiger partial charge in [0, 0.05) is 19.3 Å². The van der Waals surface area contributed by atoms with Crippen LogP contribution < -0.4 is 0 Å². The van der Waals surface area contributed by atoms with Crippen molar-refractivity contribution in [3.8, 4) is 0 Å². The fourth-order valence-electron chi connectivity index (χ4n) is 9.78. The second-order valence-electron chi connectivity index (χ2n) is 15.4. The molecule has 4 aliphatic rings. The molecule has 0 aromatic heterocycles. The molecule has 0 saturated heterocycles. The molecule has 3 saturated carbocycles. The minimum Gasteiger partial charge on any atom is -0.463 e. The average Bonchev–Trinajstić information content (AvgIpc) is 3.32. The first-order chi connectivity index (χ1) is 20.0. The van der Waals surface area contributed by atoms with E-state index in [4.69, 9.17) is 9.47 Å². The fraction of sp³-hybridized carbons (Fsp3) is 0.816. The smallest absolute Gasteiger partial charge is 0.330 e. The molecule has 42 heavy (non-hydrogen) atoms. The fourth-order valence-corrected chi connectivity index (χ4v) is 9.78. The molecule has 0 heterocycles. The van der Waals surface area contributed by atoms with Crippen LogP contribution in [-0.4, -0.2) is 37.0 Å². The summed E-state index contributed by atoms with van der Waals surface area (Å²) in [4.78, 5) is 11.4. The second kappa shape index (κ2) is 14.6. The van der Waals surface area contributed by atoms with Crippen molar-refractivity contribution in [2.75, 3.05) is 19.8 Å². The molecule has 0 amide bonds. The Bertz CT molecular complexity index is 966. The molecule has 0 spiro atoms. The molecule has 0 bridgehead atoms. The predicted molar refractivity (Wildman–Crippen MR) is 173 cm³/mol. The molecule has 10 atom stereocenters. The number of fused-ring (bicyclic) bond motifs is 5. The molecular weight excluding hydrogens is 520 g/mol. The normalized spacial score (nSPS) is 36.5. The van der Waals surface area contributed by atoms with E-state index in [-0.39, 0.29) is 12.6 Å². The van der Waals surface area contributed by atoms with Crippen LogP contribution in [-0.2, 0) is 14.3 Å². The number of ether oxygens (including phenoxy) is 2. The number of rotatable bonds is 14. The molecule has 238 valence electrons. The molecule has 0 radical (unpaired) electrons. The maximum Gasteiger partial charge on any atom is 0.330 e. The highest BCUT2D eigenvalue weighted by Crippen LogP contribution is 2.67. The summed E-state index contributed by atoms with van der Waals surface area (Å²) < 4.78 is 11.6. The zero-order chi connectivity index (χ0) is 30.5. The van der Waals surface area contributed by atoms with E-state index < -0.39 is 0 Å². The van der Waals surface area contributed by atoms with Gasteiger partial charge in [-0.2, -0.15) is 0 Å². The first-order valence-electron chi connectivity index (χ1n) is 17.4. The van der Waals surface area contributed by atoms with Crippen molar-refractivity contribution in [2.24, 2.45) is 58.2 Å². The summed E-state index contributed by atoms with van der Waals surface area (Å²) in [6.45, 7) is 19.5. The number of aliphatic hydroxyl groups is 1. The third kappa shape index (κ3) is 7.28. The standard InChI is InChI=1S/C38H62O4/c1-8-36(40)42-24-19-29(17-22-39)18-23-41-31-15-20-37(6)30(25-31)11-12-32-34-14-13-33(38(34,7)21-16-35(32)37)28(5)10-9-27(4)26(2)3/h8-11,26-29,31-35,39H,1,12-25H2,2-7H3/b10-9+/t27-,28+,29?,31-,32?,33+,34?,35?,37-,38+/m0/s1. The van der Waals surface area contributed by atoms with Gasteiger partial charge in [-0.05, 0) is 129 Å². The number of allylic oxidation sites excluding steroid dienone is 3. The van der Waals surface area contributed by atoms with Crippen LogP contribution in [0.4, 0.5) is 0 Å². The quantitative estimate of drug-likeness (QED) is 0.126. The van der Waals surface area contributed by atoms with Crippen molar-refractivity contribution in [3.05, 3.63) is 36.5 Å². The van der Waals surface area contributed by atoms with Gasteiger partial charge in [-0.3, -0.25) is 0 Å². The number of esters is 1. The summed E-state index contributed by atoms with van der Waals surface area (Å²) in [6.07, 6.45) is 22.0. The van der Waals surface area contributed by atoms with Crippen molar-refractivity contribution in [1.29, 1.82) is 0 Å².